The average Bonchev–Trinajstić information content (AvgIpc) is 3.30. The van der Waals surface area contributed by atoms with Crippen LogP contribution in [0.4, 0.5) is 5.69 Å². The van der Waals surface area contributed by atoms with Gasteiger partial charge in [0.05, 0.1) is 22.5 Å². The number of hydrazone groups is 1. The molecule has 2 heterocycles. The van der Waals surface area contributed by atoms with Crippen molar-refractivity contribution >= 4 is 41.0 Å². The van der Waals surface area contributed by atoms with E-state index >= 15 is 0 Å². The predicted octanol–water partition coefficient (Wildman–Crippen LogP) is 5.41. The fourth-order valence-corrected chi connectivity index (χ4v) is 3.35. The predicted molar refractivity (Wildman–Crippen MR) is 116 cm³/mol. The zero-order valence-electron chi connectivity index (χ0n) is 16.2. The van der Waals surface area contributed by atoms with E-state index in [1.165, 1.54) is 11.1 Å². The molecule has 0 unspecified atom stereocenters. The third kappa shape index (κ3) is 3.53. The standard InChI is InChI=1S/C23H17ClN2O4/c1-13-7-8-15(11-20(13)24)26-22(27)19(14(2)25-26)12-16-9-10-21(30-16)17-5-3-4-6-18(17)23(28)29/h3-12H,1-2H3,(H,28,29). The van der Waals surface area contributed by atoms with Gasteiger partial charge in [0.1, 0.15) is 11.5 Å². The maximum Gasteiger partial charge on any atom is 0.336 e. The maximum atomic E-state index is 12.9. The van der Waals surface area contributed by atoms with E-state index in [2.05, 4.69) is 5.10 Å². The Balaban J connectivity index is 1.65. The van der Waals surface area contributed by atoms with E-state index in [4.69, 9.17) is 16.0 Å². The molecule has 0 saturated carbocycles. The molecule has 0 atom stereocenters. The minimum Gasteiger partial charge on any atom is -0.478 e. The molecule has 1 aliphatic rings. The van der Waals surface area contributed by atoms with Crippen LogP contribution in [0.15, 0.2) is 69.7 Å². The molecule has 0 saturated heterocycles. The van der Waals surface area contributed by atoms with E-state index in [0.717, 1.165) is 5.56 Å². The number of halogens is 1. The number of furan rings is 1. The minimum atomic E-state index is -1.04. The Morgan fingerprint density at radius 2 is 1.90 bits per heavy atom. The number of hydrogen-bond donors (Lipinski definition) is 1. The number of carboxylic acids is 1. The van der Waals surface area contributed by atoms with Crippen LogP contribution in [0.1, 0.15) is 28.6 Å². The van der Waals surface area contributed by atoms with Gasteiger partial charge in [-0.15, -0.1) is 0 Å². The van der Waals surface area contributed by atoms with Gasteiger partial charge in [0.2, 0.25) is 0 Å². The monoisotopic (exact) mass is 420 g/mol. The first-order valence-corrected chi connectivity index (χ1v) is 9.53. The molecule has 150 valence electrons. The van der Waals surface area contributed by atoms with Crippen molar-refractivity contribution in [3.8, 4) is 11.3 Å². The smallest absolute Gasteiger partial charge is 0.336 e. The summed E-state index contributed by atoms with van der Waals surface area (Å²) >= 11 is 6.18. The number of amides is 1. The van der Waals surface area contributed by atoms with Gasteiger partial charge < -0.3 is 9.52 Å². The Kier molecular flexibility index (Phi) is 5.01. The first kappa shape index (κ1) is 19.7. The van der Waals surface area contributed by atoms with Gasteiger partial charge >= 0.3 is 5.97 Å². The van der Waals surface area contributed by atoms with E-state index < -0.39 is 5.97 Å². The molecule has 1 aromatic heterocycles. The topological polar surface area (TPSA) is 83.1 Å². The summed E-state index contributed by atoms with van der Waals surface area (Å²) in [7, 11) is 0. The van der Waals surface area contributed by atoms with Crippen molar-refractivity contribution in [3.05, 3.63) is 82.1 Å². The lowest BCUT2D eigenvalue weighted by atomic mass is 10.1. The van der Waals surface area contributed by atoms with Crippen LogP contribution in [0, 0.1) is 6.92 Å². The highest BCUT2D eigenvalue weighted by molar-refractivity contribution is 6.33. The fraction of sp³-hybridized carbons (Fsp3) is 0.0870. The number of rotatable bonds is 4. The van der Waals surface area contributed by atoms with Crippen molar-refractivity contribution < 1.29 is 19.1 Å². The molecule has 0 radical (unpaired) electrons. The van der Waals surface area contributed by atoms with Crippen LogP contribution >= 0.6 is 11.6 Å². The summed E-state index contributed by atoms with van der Waals surface area (Å²) in [5.74, 6) is -0.506. The van der Waals surface area contributed by atoms with E-state index in [0.29, 0.717) is 39.1 Å². The molecule has 7 heteroatoms. The lowest BCUT2D eigenvalue weighted by molar-refractivity contribution is -0.114. The number of carbonyl (C=O) groups excluding carboxylic acids is 1. The largest absolute Gasteiger partial charge is 0.478 e. The van der Waals surface area contributed by atoms with Gasteiger partial charge in [0.15, 0.2) is 0 Å². The van der Waals surface area contributed by atoms with E-state index in [-0.39, 0.29) is 11.5 Å². The van der Waals surface area contributed by atoms with Crippen molar-refractivity contribution in [2.24, 2.45) is 5.10 Å². The van der Waals surface area contributed by atoms with Crippen LogP contribution in [-0.2, 0) is 4.79 Å². The number of carboxylic acid groups (broad SMARTS) is 1. The molecule has 0 bridgehead atoms. The van der Waals surface area contributed by atoms with Gasteiger partial charge in [-0.2, -0.15) is 10.1 Å². The summed E-state index contributed by atoms with van der Waals surface area (Å²) in [6, 6.07) is 15.3. The fourth-order valence-electron chi connectivity index (χ4n) is 3.17. The molecular weight excluding hydrogens is 404 g/mol. The van der Waals surface area contributed by atoms with Crippen LogP contribution in [0.5, 0.6) is 0 Å². The minimum absolute atomic E-state index is 0.142. The van der Waals surface area contributed by atoms with Crippen LogP contribution in [0.3, 0.4) is 0 Å². The highest BCUT2D eigenvalue weighted by atomic mass is 35.5. The number of aryl methyl sites for hydroxylation is 1. The summed E-state index contributed by atoms with van der Waals surface area (Å²) in [6.07, 6.45) is 1.60. The molecule has 30 heavy (non-hydrogen) atoms. The first-order chi connectivity index (χ1) is 14.3. The Bertz CT molecular complexity index is 1240. The van der Waals surface area contributed by atoms with E-state index in [1.807, 2.05) is 13.0 Å². The molecule has 1 amide bonds. The van der Waals surface area contributed by atoms with E-state index in [1.54, 1.807) is 55.5 Å². The van der Waals surface area contributed by atoms with Gasteiger partial charge in [0.25, 0.3) is 5.91 Å². The number of hydrogen-bond acceptors (Lipinski definition) is 4. The van der Waals surface area contributed by atoms with Crippen molar-refractivity contribution in [1.82, 2.24) is 0 Å². The maximum absolute atomic E-state index is 12.9. The number of benzene rings is 2. The quantitative estimate of drug-likeness (QED) is 0.572. The number of anilines is 1. The Labute approximate surface area is 177 Å². The first-order valence-electron chi connectivity index (χ1n) is 9.15. The second kappa shape index (κ2) is 7.65. The summed E-state index contributed by atoms with van der Waals surface area (Å²) in [5.41, 5.74) is 3.03. The summed E-state index contributed by atoms with van der Waals surface area (Å²) < 4.78 is 5.81. The second-order valence-electron chi connectivity index (χ2n) is 6.85. The third-order valence-corrected chi connectivity index (χ3v) is 5.21. The normalized spacial score (nSPS) is 15.0. The summed E-state index contributed by atoms with van der Waals surface area (Å²) in [5, 5.41) is 15.6. The molecule has 2 aromatic carbocycles. The molecule has 4 rings (SSSR count). The van der Waals surface area contributed by atoms with Crippen LogP contribution in [-0.4, -0.2) is 22.7 Å². The second-order valence-corrected chi connectivity index (χ2v) is 7.25. The lowest BCUT2D eigenvalue weighted by Crippen LogP contribution is -2.21. The SMILES string of the molecule is CC1=NN(c2ccc(C)c(Cl)c2)C(=O)C1=Cc1ccc(-c2ccccc2C(=O)O)o1. The van der Waals surface area contributed by atoms with Gasteiger partial charge in [-0.05, 0) is 55.8 Å². The lowest BCUT2D eigenvalue weighted by Gasteiger charge is -2.12. The van der Waals surface area contributed by atoms with Crippen LogP contribution in [0.25, 0.3) is 17.4 Å². The third-order valence-electron chi connectivity index (χ3n) is 4.80. The van der Waals surface area contributed by atoms with Crippen LogP contribution < -0.4 is 5.01 Å². The highest BCUT2D eigenvalue weighted by Crippen LogP contribution is 2.30. The molecule has 3 aromatic rings. The van der Waals surface area contributed by atoms with Crippen molar-refractivity contribution in [1.29, 1.82) is 0 Å². The molecule has 6 nitrogen and oxygen atoms in total. The number of aromatic carboxylic acids is 1. The van der Waals surface area contributed by atoms with Gasteiger partial charge in [0, 0.05) is 10.6 Å². The van der Waals surface area contributed by atoms with Gasteiger partial charge in [-0.3, -0.25) is 4.79 Å². The molecule has 0 spiro atoms. The van der Waals surface area contributed by atoms with Crippen LogP contribution in [0.2, 0.25) is 5.02 Å². The van der Waals surface area contributed by atoms with Crippen molar-refractivity contribution in [2.45, 2.75) is 13.8 Å². The molecular formula is C23H17ClN2O4. The molecule has 1 aliphatic heterocycles. The number of carbonyl (C=O) groups is 2. The van der Waals surface area contributed by atoms with E-state index in [9.17, 15) is 14.7 Å². The Hall–Kier alpha value is -3.64. The number of nitrogens with zero attached hydrogens (tertiary/aromatic N) is 2. The van der Waals surface area contributed by atoms with Gasteiger partial charge in [-0.1, -0.05) is 35.9 Å². The average molecular weight is 421 g/mol. The molecule has 1 N–H and O–H groups in total. The van der Waals surface area contributed by atoms with Crippen molar-refractivity contribution in [2.75, 3.05) is 5.01 Å². The zero-order chi connectivity index (χ0) is 21.4. The Morgan fingerprint density at radius 1 is 1.13 bits per heavy atom. The highest BCUT2D eigenvalue weighted by Gasteiger charge is 2.29. The van der Waals surface area contributed by atoms with Gasteiger partial charge in [-0.25, -0.2) is 4.79 Å². The summed E-state index contributed by atoms with van der Waals surface area (Å²) in [6.45, 7) is 3.62. The Morgan fingerprint density at radius 3 is 2.63 bits per heavy atom. The summed E-state index contributed by atoms with van der Waals surface area (Å²) in [4.78, 5) is 24.4. The molecule has 0 aliphatic carbocycles. The molecule has 0 fully saturated rings. The zero-order valence-corrected chi connectivity index (χ0v) is 17.0. The van der Waals surface area contributed by atoms with Crippen molar-refractivity contribution in [3.63, 3.8) is 0 Å².